The van der Waals surface area contributed by atoms with Gasteiger partial charge in [-0.3, -0.25) is 0 Å². The highest BCUT2D eigenvalue weighted by atomic mass is 16.5. The first-order chi connectivity index (χ1) is 15.2. The molecule has 2 aromatic heterocycles. The van der Waals surface area contributed by atoms with Crippen LogP contribution < -0.4 is 15.5 Å². The maximum Gasteiger partial charge on any atom is 0.162 e. The van der Waals surface area contributed by atoms with E-state index in [4.69, 9.17) is 15.5 Å². The lowest BCUT2D eigenvalue weighted by molar-refractivity contribution is 0.205. The van der Waals surface area contributed by atoms with Crippen molar-refractivity contribution in [2.45, 2.75) is 38.1 Å². The summed E-state index contributed by atoms with van der Waals surface area (Å²) in [5.41, 5.74) is 8.86. The molecular formula is C24H34N6O. The van der Waals surface area contributed by atoms with E-state index in [0.717, 1.165) is 53.4 Å². The molecule has 1 aliphatic carbocycles. The highest BCUT2D eigenvalue weighted by molar-refractivity contribution is 5.93. The Kier molecular flexibility index (Phi) is 7.04. The van der Waals surface area contributed by atoms with Crippen LogP contribution in [0.3, 0.4) is 0 Å². The van der Waals surface area contributed by atoms with Gasteiger partial charge in [-0.1, -0.05) is 31.4 Å². The first kappa shape index (κ1) is 21.6. The zero-order valence-corrected chi connectivity index (χ0v) is 18.7. The van der Waals surface area contributed by atoms with E-state index in [1.807, 2.05) is 18.5 Å². The fourth-order valence-electron chi connectivity index (χ4n) is 4.33. The van der Waals surface area contributed by atoms with Gasteiger partial charge in [0.25, 0.3) is 0 Å². The summed E-state index contributed by atoms with van der Waals surface area (Å²) < 4.78 is 5.25. The number of nitrogens with zero attached hydrogens (tertiary/aromatic N) is 4. The van der Waals surface area contributed by atoms with E-state index >= 15 is 0 Å². The molecule has 5 rings (SSSR count). The number of rotatable bonds is 4. The Morgan fingerprint density at radius 3 is 2.74 bits per heavy atom. The summed E-state index contributed by atoms with van der Waals surface area (Å²) in [4.78, 5) is 17.3. The number of anilines is 2. The van der Waals surface area contributed by atoms with Crippen LogP contribution in [0.4, 0.5) is 11.5 Å². The highest BCUT2D eigenvalue weighted by Crippen LogP contribution is 2.33. The van der Waals surface area contributed by atoms with Crippen LogP contribution in [-0.4, -0.2) is 61.4 Å². The van der Waals surface area contributed by atoms with Crippen molar-refractivity contribution < 1.29 is 4.74 Å². The molecule has 1 aliphatic heterocycles. The Labute approximate surface area is 184 Å². The molecule has 1 fully saturated rings. The quantitative estimate of drug-likeness (QED) is 0.665. The number of methoxy groups -OCH3 is 1. The number of hydrogen-bond acceptors (Lipinski definition) is 6. The van der Waals surface area contributed by atoms with E-state index in [2.05, 4.69) is 45.0 Å². The predicted molar refractivity (Wildman–Crippen MR) is 128 cm³/mol. The minimum Gasteiger partial charge on any atom is -0.383 e. The average molecular weight is 423 g/mol. The average Bonchev–Trinajstić information content (AvgIpc) is 3.28. The van der Waals surface area contributed by atoms with Gasteiger partial charge < -0.3 is 25.3 Å². The van der Waals surface area contributed by atoms with Crippen molar-refractivity contribution in [1.82, 2.24) is 15.0 Å². The van der Waals surface area contributed by atoms with Gasteiger partial charge in [-0.2, -0.15) is 0 Å². The molecule has 0 radical (unpaired) electrons. The van der Waals surface area contributed by atoms with E-state index in [1.54, 1.807) is 7.11 Å². The second-order valence-corrected chi connectivity index (χ2v) is 8.45. The van der Waals surface area contributed by atoms with Crippen LogP contribution in [0.1, 0.15) is 32.1 Å². The summed E-state index contributed by atoms with van der Waals surface area (Å²) >= 11 is 0. The molecule has 31 heavy (non-hydrogen) atoms. The van der Waals surface area contributed by atoms with Crippen molar-refractivity contribution in [2.24, 2.45) is 5.73 Å². The molecule has 2 aliphatic rings. The van der Waals surface area contributed by atoms with Crippen LogP contribution in [0.15, 0.2) is 36.7 Å². The summed E-state index contributed by atoms with van der Waals surface area (Å²) in [6, 6.07) is 8.78. The number of benzene rings is 1. The number of nitrogens with one attached hydrogen (secondary N) is 1. The highest BCUT2D eigenvalue weighted by Gasteiger charge is 2.23. The van der Waals surface area contributed by atoms with Gasteiger partial charge in [0.2, 0.25) is 0 Å². The zero-order chi connectivity index (χ0) is 21.6. The number of hydrogen-bond donors (Lipinski definition) is 2. The maximum atomic E-state index is 5.63. The number of aromatic amines is 1. The number of aromatic nitrogens is 3. The Hall–Kier alpha value is -2.64. The number of fused-ring (bicyclic) bond motifs is 2. The SMILES string of the molecule is COCCN1CCN(C)c2cnc(-c3cccc4[nH]ccc34)nc21.NC1CCCCC1. The summed E-state index contributed by atoms with van der Waals surface area (Å²) in [5.74, 6) is 1.75. The molecule has 3 aromatic rings. The summed E-state index contributed by atoms with van der Waals surface area (Å²) in [6.07, 6.45) is 10.5. The number of nitrogens with two attached hydrogens (primary N) is 1. The first-order valence-electron chi connectivity index (χ1n) is 11.3. The van der Waals surface area contributed by atoms with Crippen molar-refractivity contribution in [3.8, 4) is 11.4 Å². The third-order valence-electron chi connectivity index (χ3n) is 6.22. The minimum atomic E-state index is 0.536. The molecule has 3 heterocycles. The van der Waals surface area contributed by atoms with Crippen molar-refractivity contribution in [3.63, 3.8) is 0 Å². The number of ether oxygens (including phenoxy) is 1. The second-order valence-electron chi connectivity index (χ2n) is 8.45. The summed E-state index contributed by atoms with van der Waals surface area (Å²) in [7, 11) is 3.82. The van der Waals surface area contributed by atoms with Gasteiger partial charge in [0.1, 0.15) is 0 Å². The van der Waals surface area contributed by atoms with Crippen LogP contribution in [0.5, 0.6) is 0 Å². The van der Waals surface area contributed by atoms with Crippen molar-refractivity contribution in [2.75, 3.05) is 50.2 Å². The fourth-order valence-corrected chi connectivity index (χ4v) is 4.33. The van der Waals surface area contributed by atoms with E-state index in [-0.39, 0.29) is 0 Å². The molecule has 0 saturated heterocycles. The van der Waals surface area contributed by atoms with Crippen molar-refractivity contribution in [3.05, 3.63) is 36.7 Å². The molecule has 0 atom stereocenters. The minimum absolute atomic E-state index is 0.536. The Bertz CT molecular complexity index is 981. The van der Waals surface area contributed by atoms with Crippen molar-refractivity contribution >= 4 is 22.4 Å². The van der Waals surface area contributed by atoms with Gasteiger partial charge in [-0.15, -0.1) is 0 Å². The standard InChI is InChI=1S/C18H21N5O.C6H13N/c1-22-8-9-23(10-11-24-2)18-16(22)12-20-17(21-18)14-4-3-5-15-13(14)6-7-19-15;7-6-4-2-1-3-5-6/h3-7,12,19H,8-11H2,1-2H3;6H,1-5,7H2. The second kappa shape index (κ2) is 10.1. The maximum absolute atomic E-state index is 5.63. The van der Waals surface area contributed by atoms with Gasteiger partial charge in [-0.05, 0) is 25.0 Å². The molecule has 1 aromatic carbocycles. The zero-order valence-electron chi connectivity index (χ0n) is 18.7. The Morgan fingerprint density at radius 1 is 1.16 bits per heavy atom. The normalized spacial score (nSPS) is 16.7. The number of likely N-dealkylation sites (N-methyl/N-ethyl adjacent to an activating group) is 1. The molecule has 3 N–H and O–H groups in total. The lowest BCUT2D eigenvalue weighted by Crippen LogP contribution is -2.41. The van der Waals surface area contributed by atoms with E-state index < -0.39 is 0 Å². The van der Waals surface area contributed by atoms with E-state index in [1.165, 1.54) is 32.1 Å². The molecular weight excluding hydrogens is 388 g/mol. The lowest BCUT2D eigenvalue weighted by Gasteiger charge is -2.35. The molecule has 1 saturated carbocycles. The van der Waals surface area contributed by atoms with Gasteiger partial charge in [0.15, 0.2) is 11.6 Å². The smallest absolute Gasteiger partial charge is 0.162 e. The van der Waals surface area contributed by atoms with Crippen LogP contribution >= 0.6 is 0 Å². The molecule has 166 valence electrons. The number of H-pyrrole nitrogens is 1. The van der Waals surface area contributed by atoms with Crippen LogP contribution in [0.2, 0.25) is 0 Å². The molecule has 0 bridgehead atoms. The lowest BCUT2D eigenvalue weighted by atomic mass is 9.97. The van der Waals surface area contributed by atoms with Crippen LogP contribution in [-0.2, 0) is 4.74 Å². The van der Waals surface area contributed by atoms with Gasteiger partial charge >= 0.3 is 0 Å². The van der Waals surface area contributed by atoms with Crippen LogP contribution in [0, 0.1) is 0 Å². The third-order valence-corrected chi connectivity index (χ3v) is 6.22. The molecule has 7 nitrogen and oxygen atoms in total. The topological polar surface area (TPSA) is 83.3 Å². The largest absolute Gasteiger partial charge is 0.383 e. The molecule has 0 amide bonds. The van der Waals surface area contributed by atoms with E-state index in [0.29, 0.717) is 12.6 Å². The predicted octanol–water partition coefficient (Wildman–Crippen LogP) is 3.81. The Morgan fingerprint density at radius 2 is 2.00 bits per heavy atom. The Balaban J connectivity index is 0.000000282. The fraction of sp³-hybridized carbons (Fsp3) is 0.500. The monoisotopic (exact) mass is 422 g/mol. The molecule has 0 spiro atoms. The molecule has 0 unspecified atom stereocenters. The van der Waals surface area contributed by atoms with E-state index in [9.17, 15) is 0 Å². The first-order valence-corrected chi connectivity index (χ1v) is 11.3. The van der Waals surface area contributed by atoms with Crippen LogP contribution in [0.25, 0.3) is 22.3 Å². The van der Waals surface area contributed by atoms with Gasteiger partial charge in [0.05, 0.1) is 18.5 Å². The molecule has 7 heteroatoms. The summed E-state index contributed by atoms with van der Waals surface area (Å²) in [6.45, 7) is 3.43. The summed E-state index contributed by atoms with van der Waals surface area (Å²) in [5, 5.41) is 1.14. The third kappa shape index (κ3) is 4.99. The van der Waals surface area contributed by atoms with Gasteiger partial charge in [-0.25, -0.2) is 9.97 Å². The van der Waals surface area contributed by atoms with Gasteiger partial charge in [0, 0.05) is 62.5 Å². The van der Waals surface area contributed by atoms with Crippen molar-refractivity contribution in [1.29, 1.82) is 0 Å².